The summed E-state index contributed by atoms with van der Waals surface area (Å²) in [6, 6.07) is 20.5. The van der Waals surface area contributed by atoms with E-state index >= 15 is 9.18 Å². The number of anilines is 1. The van der Waals surface area contributed by atoms with E-state index in [2.05, 4.69) is 5.43 Å². The van der Waals surface area contributed by atoms with Crippen LogP contribution in [-0.4, -0.2) is 44.7 Å². The molecule has 0 spiro atoms. The maximum atomic E-state index is 15.2. The van der Waals surface area contributed by atoms with Gasteiger partial charge in [0, 0.05) is 17.5 Å². The Kier molecular flexibility index (Phi) is 7.27. The largest absolute Gasteiger partial charge is 0.505 e. The van der Waals surface area contributed by atoms with Crippen molar-refractivity contribution >= 4 is 29.3 Å². The van der Waals surface area contributed by atoms with Crippen LogP contribution in [-0.2, 0) is 24.6 Å². The maximum absolute atomic E-state index is 15.2. The van der Waals surface area contributed by atoms with Crippen LogP contribution in [0.5, 0.6) is 5.75 Å². The van der Waals surface area contributed by atoms with Gasteiger partial charge in [0.2, 0.25) is 11.8 Å². The molecule has 3 aromatic rings. The number of phenols is 1. The second-order valence-electron chi connectivity index (χ2n) is 14.1. The molecule has 2 N–H and O–H groups in total. The topological polar surface area (TPSA) is 107 Å². The van der Waals surface area contributed by atoms with Crippen molar-refractivity contribution in [3.63, 3.8) is 0 Å². The number of para-hydroxylation sites is 1. The monoisotopic (exact) mass is 647 g/mol. The fourth-order valence-corrected chi connectivity index (χ4v) is 9.58. The number of hydrazine groups is 1. The van der Waals surface area contributed by atoms with Gasteiger partial charge in [0.1, 0.15) is 0 Å². The van der Waals surface area contributed by atoms with Crippen molar-refractivity contribution in [3.05, 3.63) is 107 Å². The third-order valence-corrected chi connectivity index (χ3v) is 11.7. The molecule has 3 aliphatic carbocycles. The van der Waals surface area contributed by atoms with E-state index in [-0.39, 0.29) is 29.8 Å². The number of benzene rings is 3. The number of allylic oxidation sites excluding steroid dienone is 2. The van der Waals surface area contributed by atoms with Gasteiger partial charge in [-0.2, -0.15) is 5.01 Å². The van der Waals surface area contributed by atoms with Gasteiger partial charge in [0.15, 0.2) is 11.6 Å². The molecule has 4 amide bonds. The average molecular weight is 648 g/mol. The smallest absolute Gasteiger partial charge is 0.260 e. The molecule has 2 heterocycles. The van der Waals surface area contributed by atoms with E-state index in [1.54, 1.807) is 42.5 Å². The van der Waals surface area contributed by atoms with Gasteiger partial charge in [0.25, 0.3) is 11.8 Å². The lowest BCUT2D eigenvalue weighted by atomic mass is 9.49. The molecule has 9 heteroatoms. The highest BCUT2D eigenvalue weighted by Crippen LogP contribution is 2.65. The molecule has 0 radical (unpaired) electrons. The van der Waals surface area contributed by atoms with Crippen LogP contribution in [0.3, 0.4) is 0 Å². The lowest BCUT2D eigenvalue weighted by Crippen LogP contribution is -2.53. The number of nitrogens with zero attached hydrogens (tertiary/aromatic N) is 2. The number of likely N-dealkylation sites (tertiary alicyclic amines) is 1. The number of aryl methyl sites for hydroxylation is 1. The summed E-state index contributed by atoms with van der Waals surface area (Å²) in [6.45, 7) is 1.94. The highest BCUT2D eigenvalue weighted by atomic mass is 19.1. The SMILES string of the molecule is Cc1ccc(NN2C(=O)[C@@H]3C[C@@H]4C(=CC[C@@H]5C(=O)N(C6CCCCC6)C(=O)[C@@H]54)[C@H](c4cccc(F)c4O)[C@]3(c3ccccc3)C2=O)cc1. The van der Waals surface area contributed by atoms with Crippen molar-refractivity contribution in [2.24, 2.45) is 23.7 Å². The van der Waals surface area contributed by atoms with Crippen LogP contribution in [0.4, 0.5) is 10.1 Å². The molecule has 8 rings (SSSR count). The molecule has 0 bridgehead atoms. The summed E-state index contributed by atoms with van der Waals surface area (Å²) in [5, 5.41) is 12.4. The van der Waals surface area contributed by atoms with Gasteiger partial charge in [-0.3, -0.25) is 29.5 Å². The number of carbonyl (C=O) groups excluding carboxylic acids is 4. The zero-order valence-electron chi connectivity index (χ0n) is 26.8. The summed E-state index contributed by atoms with van der Waals surface area (Å²) in [6.07, 6.45) is 6.97. The fourth-order valence-electron chi connectivity index (χ4n) is 9.58. The van der Waals surface area contributed by atoms with Gasteiger partial charge < -0.3 is 5.11 Å². The standard InChI is InChI=1S/C39H38FN3O5/c1-22-15-17-24(18-16-22)41-43-36(46)30-21-29-26(19-20-27-32(29)37(47)42(35(27)45)25-11-6-3-7-12-25)33(28-13-8-14-31(40)34(28)44)39(30,38(43)48)23-9-4-2-5-10-23/h2,4-5,8-10,13-19,25,27,29-30,32-33,41,44H,3,6-7,11-12,20-21H2,1H3/t27-,29+,30-,32-,33+,39+/m0/s1. The van der Waals surface area contributed by atoms with Crippen molar-refractivity contribution in [1.29, 1.82) is 0 Å². The molecule has 2 saturated carbocycles. The Bertz CT molecular complexity index is 1850. The predicted octanol–water partition coefficient (Wildman–Crippen LogP) is 6.16. The number of aromatic hydroxyl groups is 1. The minimum Gasteiger partial charge on any atom is -0.505 e. The van der Waals surface area contributed by atoms with Crippen LogP contribution in [0.1, 0.15) is 67.6 Å². The second kappa shape index (κ2) is 11.4. The van der Waals surface area contributed by atoms with Gasteiger partial charge in [-0.25, -0.2) is 4.39 Å². The average Bonchev–Trinajstić information content (AvgIpc) is 3.48. The van der Waals surface area contributed by atoms with E-state index in [1.165, 1.54) is 11.0 Å². The van der Waals surface area contributed by atoms with Crippen LogP contribution in [0.15, 0.2) is 84.4 Å². The van der Waals surface area contributed by atoms with Crippen LogP contribution >= 0.6 is 0 Å². The Morgan fingerprint density at radius 2 is 1.56 bits per heavy atom. The van der Waals surface area contributed by atoms with E-state index < -0.39 is 58.4 Å². The van der Waals surface area contributed by atoms with Crippen LogP contribution in [0.25, 0.3) is 0 Å². The molecule has 2 saturated heterocycles. The molecule has 0 aromatic heterocycles. The van der Waals surface area contributed by atoms with Gasteiger partial charge in [-0.15, -0.1) is 0 Å². The summed E-state index contributed by atoms with van der Waals surface area (Å²) in [5.41, 5.74) is 4.49. The zero-order valence-corrected chi connectivity index (χ0v) is 26.8. The quantitative estimate of drug-likeness (QED) is 0.254. The van der Waals surface area contributed by atoms with E-state index in [0.717, 1.165) is 48.7 Å². The Balaban J connectivity index is 1.31. The number of hydrogen-bond donors (Lipinski definition) is 2. The van der Waals surface area contributed by atoms with E-state index in [1.807, 2.05) is 31.2 Å². The number of amides is 4. The Morgan fingerprint density at radius 1 is 0.833 bits per heavy atom. The third-order valence-electron chi connectivity index (χ3n) is 11.7. The molecule has 8 nitrogen and oxygen atoms in total. The number of halogens is 1. The lowest BCUT2D eigenvalue weighted by Gasteiger charge is -2.50. The molecule has 2 aliphatic heterocycles. The fraction of sp³-hybridized carbons (Fsp3) is 0.385. The van der Waals surface area contributed by atoms with Gasteiger partial charge in [-0.05, 0) is 62.3 Å². The van der Waals surface area contributed by atoms with Crippen molar-refractivity contribution < 1.29 is 28.7 Å². The predicted molar refractivity (Wildman–Crippen MR) is 176 cm³/mol. The van der Waals surface area contributed by atoms with Crippen molar-refractivity contribution in [1.82, 2.24) is 9.91 Å². The van der Waals surface area contributed by atoms with Crippen LogP contribution < -0.4 is 5.43 Å². The first-order chi connectivity index (χ1) is 23.2. The molecular weight excluding hydrogens is 609 g/mol. The number of fused-ring (bicyclic) bond motifs is 4. The molecular formula is C39H38FN3O5. The molecule has 48 heavy (non-hydrogen) atoms. The number of hydrogen-bond acceptors (Lipinski definition) is 6. The summed E-state index contributed by atoms with van der Waals surface area (Å²) in [5.74, 6) is -6.56. The number of rotatable bonds is 5. The van der Waals surface area contributed by atoms with Crippen molar-refractivity contribution in [2.75, 3.05) is 5.43 Å². The summed E-state index contributed by atoms with van der Waals surface area (Å²) in [4.78, 5) is 59.6. The molecule has 5 aliphatic rings. The first-order valence-electron chi connectivity index (χ1n) is 17.0. The molecule has 246 valence electrons. The number of phenolic OH excluding ortho intramolecular Hbond substituents is 1. The minimum atomic E-state index is -1.56. The summed E-state index contributed by atoms with van der Waals surface area (Å²) >= 11 is 0. The maximum Gasteiger partial charge on any atom is 0.260 e. The number of imide groups is 2. The lowest BCUT2D eigenvalue weighted by molar-refractivity contribution is -0.144. The highest BCUT2D eigenvalue weighted by molar-refractivity contribution is 6.13. The van der Waals surface area contributed by atoms with Crippen molar-refractivity contribution in [2.45, 2.75) is 69.2 Å². The third kappa shape index (κ3) is 4.32. The molecule has 6 atom stereocenters. The Labute approximate surface area is 278 Å². The zero-order chi connectivity index (χ0) is 33.3. The van der Waals surface area contributed by atoms with Crippen LogP contribution in [0, 0.1) is 36.4 Å². The second-order valence-corrected chi connectivity index (χ2v) is 14.1. The van der Waals surface area contributed by atoms with Gasteiger partial charge in [0.05, 0.1) is 28.9 Å². The first-order valence-corrected chi connectivity index (χ1v) is 17.0. The van der Waals surface area contributed by atoms with Crippen molar-refractivity contribution in [3.8, 4) is 5.75 Å². The normalized spacial score (nSPS) is 30.2. The van der Waals surface area contributed by atoms with E-state index in [0.29, 0.717) is 23.2 Å². The van der Waals surface area contributed by atoms with Crippen LogP contribution in [0.2, 0.25) is 0 Å². The van der Waals surface area contributed by atoms with E-state index in [4.69, 9.17) is 0 Å². The highest BCUT2D eigenvalue weighted by Gasteiger charge is 2.70. The first kappa shape index (κ1) is 30.5. The summed E-state index contributed by atoms with van der Waals surface area (Å²) < 4.78 is 15.2. The molecule has 3 aromatic carbocycles. The number of nitrogens with one attached hydrogen (secondary N) is 1. The minimum absolute atomic E-state index is 0.133. The molecule has 4 fully saturated rings. The Morgan fingerprint density at radius 3 is 2.29 bits per heavy atom. The Hall–Kier alpha value is -4.79. The van der Waals surface area contributed by atoms with Gasteiger partial charge >= 0.3 is 0 Å². The van der Waals surface area contributed by atoms with E-state index in [9.17, 15) is 19.5 Å². The summed E-state index contributed by atoms with van der Waals surface area (Å²) in [7, 11) is 0. The van der Waals surface area contributed by atoms with Gasteiger partial charge in [-0.1, -0.05) is 91.1 Å². The number of carbonyl (C=O) groups is 4. The molecule has 0 unspecified atom stereocenters.